The van der Waals surface area contributed by atoms with E-state index in [2.05, 4.69) is 9.71 Å². The van der Waals surface area contributed by atoms with Gasteiger partial charge in [-0.15, -0.1) is 0 Å². The molecule has 0 amide bonds. The highest BCUT2D eigenvalue weighted by Gasteiger charge is 2.33. The lowest BCUT2D eigenvalue weighted by Crippen LogP contribution is -2.37. The van der Waals surface area contributed by atoms with Gasteiger partial charge in [-0.25, -0.2) is 30.7 Å². The third-order valence-electron chi connectivity index (χ3n) is 5.41. The molecule has 2 heterocycles. The molecule has 7 nitrogen and oxygen atoms in total. The lowest BCUT2D eigenvalue weighted by molar-refractivity contribution is 0.404. The molecule has 0 bridgehead atoms. The summed E-state index contributed by atoms with van der Waals surface area (Å²) < 4.78 is 64.4. The number of methoxy groups -OCH3 is 1. The van der Waals surface area contributed by atoms with Crippen LogP contribution in [0.1, 0.15) is 38.1 Å². The van der Waals surface area contributed by atoms with Crippen molar-refractivity contribution in [2.45, 2.75) is 36.5 Å². The van der Waals surface area contributed by atoms with Gasteiger partial charge in [0, 0.05) is 17.1 Å². The van der Waals surface area contributed by atoms with Crippen molar-refractivity contribution in [3.05, 3.63) is 90.0 Å². The van der Waals surface area contributed by atoms with Crippen LogP contribution in [0.15, 0.2) is 77.8 Å². The fourth-order valence-electron chi connectivity index (χ4n) is 3.68. The number of nitrogens with zero attached hydrogens (tertiary/aromatic N) is 2. The zero-order chi connectivity index (χ0) is 25.4. The number of halogens is 1. The summed E-state index contributed by atoms with van der Waals surface area (Å²) in [6.45, 7) is 5.36. The maximum Gasteiger partial charge on any atom is 0.269 e. The number of benzene rings is 2. The first-order valence-electron chi connectivity index (χ1n) is 10.8. The topological polar surface area (TPSA) is 90.3 Å². The van der Waals surface area contributed by atoms with Crippen molar-refractivity contribution in [3.63, 3.8) is 0 Å². The number of pyridine rings is 1. The van der Waals surface area contributed by atoms with Crippen LogP contribution in [0.2, 0.25) is 0 Å². The largest absolute Gasteiger partial charge is 0.496 e. The van der Waals surface area contributed by atoms with E-state index in [-0.39, 0.29) is 16.2 Å². The minimum Gasteiger partial charge on any atom is -0.496 e. The van der Waals surface area contributed by atoms with Crippen LogP contribution in [-0.4, -0.2) is 33.4 Å². The molecule has 2 atom stereocenters. The summed E-state index contributed by atoms with van der Waals surface area (Å²) in [6, 6.07) is 16.0. The lowest BCUT2D eigenvalue weighted by atomic mass is 10.0. The highest BCUT2D eigenvalue weighted by molar-refractivity contribution is 7.90. The van der Waals surface area contributed by atoms with E-state index in [9.17, 15) is 17.0 Å². The van der Waals surface area contributed by atoms with E-state index >= 15 is 0 Å². The van der Waals surface area contributed by atoms with Crippen molar-refractivity contribution in [1.29, 1.82) is 0 Å². The van der Waals surface area contributed by atoms with E-state index in [1.165, 1.54) is 43.6 Å². The molecule has 0 aliphatic rings. The Bertz CT molecular complexity index is 1500. The second kappa shape index (κ2) is 9.52. The van der Waals surface area contributed by atoms with Crippen LogP contribution in [-0.2, 0) is 21.0 Å². The monoisotopic (exact) mass is 515 g/mol. The number of rotatable bonds is 7. The minimum absolute atomic E-state index is 0.0614. The molecule has 0 fully saturated rings. The molecule has 2 aromatic heterocycles. The van der Waals surface area contributed by atoms with Gasteiger partial charge >= 0.3 is 0 Å². The Morgan fingerprint density at radius 1 is 1.06 bits per heavy atom. The highest BCUT2D eigenvalue weighted by atomic mass is 32.2. The molecule has 4 aromatic rings. The summed E-state index contributed by atoms with van der Waals surface area (Å²) in [5, 5.41) is 0.561. The third-order valence-corrected chi connectivity index (χ3v) is 8.70. The average molecular weight is 516 g/mol. The quantitative estimate of drug-likeness (QED) is 0.390. The maximum atomic E-state index is 14.4. The highest BCUT2D eigenvalue weighted by Crippen LogP contribution is 2.36. The zero-order valence-electron chi connectivity index (χ0n) is 19.7. The summed E-state index contributed by atoms with van der Waals surface area (Å²) in [4.78, 5) is 4.39. The van der Waals surface area contributed by atoms with Crippen LogP contribution in [0.5, 0.6) is 5.75 Å². The van der Waals surface area contributed by atoms with Gasteiger partial charge in [0.05, 0.1) is 39.5 Å². The molecule has 0 aliphatic heterocycles. The average Bonchev–Trinajstić information content (AvgIpc) is 3.22. The molecule has 0 unspecified atom stereocenters. The summed E-state index contributed by atoms with van der Waals surface area (Å²) in [5.74, 6) is -0.225. The molecule has 0 saturated heterocycles. The molecule has 0 spiro atoms. The molecule has 1 N–H and O–H groups in total. The molecule has 0 saturated carbocycles. The Morgan fingerprint density at radius 3 is 2.43 bits per heavy atom. The minimum atomic E-state index is -4.13. The SMILES string of the molecule is COc1ccc(F)cc1[C@H](N[S@@](=O)C(C)(C)C)c1cc2cccnc2n1S(=O)(=O)c1ccccc1. The van der Waals surface area contributed by atoms with Crippen molar-refractivity contribution in [1.82, 2.24) is 13.7 Å². The van der Waals surface area contributed by atoms with Gasteiger partial charge in [-0.2, -0.15) is 0 Å². The smallest absolute Gasteiger partial charge is 0.269 e. The standard InChI is InChI=1S/C25H26FN3O4S2/c1-25(2,3)34(30)28-23(20-16-18(26)12-13-22(20)33-4)21-15-17-9-8-14-27-24(17)29(21)35(31,32)19-10-6-5-7-11-19/h5-16,23,28H,1-4H3/t23-,34-/m0/s1. The van der Waals surface area contributed by atoms with Crippen LogP contribution in [0.3, 0.4) is 0 Å². The summed E-state index contributed by atoms with van der Waals surface area (Å²) in [6.07, 6.45) is 1.50. The van der Waals surface area contributed by atoms with Crippen LogP contribution in [0.25, 0.3) is 11.0 Å². The number of nitrogens with one attached hydrogen (secondary N) is 1. The number of fused-ring (bicyclic) bond motifs is 1. The van der Waals surface area contributed by atoms with Crippen molar-refractivity contribution < 1.29 is 21.8 Å². The molecule has 4 rings (SSSR count). The Morgan fingerprint density at radius 2 is 1.77 bits per heavy atom. The van der Waals surface area contributed by atoms with E-state index in [0.717, 1.165) is 3.97 Å². The van der Waals surface area contributed by atoms with E-state index in [4.69, 9.17) is 4.74 Å². The molecule has 0 radical (unpaired) electrons. The molecular formula is C25H26FN3O4S2. The van der Waals surface area contributed by atoms with Crippen molar-refractivity contribution in [2.24, 2.45) is 0 Å². The number of aromatic nitrogens is 2. The van der Waals surface area contributed by atoms with Gasteiger partial charge in [0.25, 0.3) is 10.0 Å². The van der Waals surface area contributed by atoms with Gasteiger partial charge in [0.1, 0.15) is 11.6 Å². The maximum absolute atomic E-state index is 14.4. The lowest BCUT2D eigenvalue weighted by Gasteiger charge is -2.26. The molecule has 10 heteroatoms. The predicted molar refractivity (Wildman–Crippen MR) is 135 cm³/mol. The van der Waals surface area contributed by atoms with E-state index in [0.29, 0.717) is 16.7 Å². The zero-order valence-corrected chi connectivity index (χ0v) is 21.4. The second-order valence-corrected chi connectivity index (χ2v) is 12.7. The number of ether oxygens (including phenoxy) is 1. The normalized spacial score (nSPS) is 14.1. The number of hydrogen-bond acceptors (Lipinski definition) is 5. The first kappa shape index (κ1) is 25.0. The van der Waals surface area contributed by atoms with Gasteiger partial charge in [0.2, 0.25) is 0 Å². The fourth-order valence-corrected chi connectivity index (χ4v) is 6.02. The summed E-state index contributed by atoms with van der Waals surface area (Å²) in [5.41, 5.74) is 0.733. The van der Waals surface area contributed by atoms with Gasteiger partial charge < -0.3 is 4.74 Å². The Labute approximate surface area is 206 Å². The van der Waals surface area contributed by atoms with Crippen LogP contribution < -0.4 is 9.46 Å². The van der Waals surface area contributed by atoms with Crippen molar-refractivity contribution >= 4 is 32.0 Å². The van der Waals surface area contributed by atoms with Gasteiger partial charge in [-0.3, -0.25) is 0 Å². The summed E-state index contributed by atoms with van der Waals surface area (Å²) >= 11 is 0. The van der Waals surface area contributed by atoms with Crippen LogP contribution in [0.4, 0.5) is 4.39 Å². The fraction of sp³-hybridized carbons (Fsp3) is 0.240. The van der Waals surface area contributed by atoms with E-state index in [1.54, 1.807) is 57.2 Å². The summed E-state index contributed by atoms with van der Waals surface area (Å²) in [7, 11) is -4.33. The molecular weight excluding hydrogens is 489 g/mol. The van der Waals surface area contributed by atoms with Crippen molar-refractivity contribution in [2.75, 3.05) is 7.11 Å². The third kappa shape index (κ3) is 4.86. The number of hydrogen-bond donors (Lipinski definition) is 1. The van der Waals surface area contributed by atoms with Gasteiger partial charge in [-0.05, 0) is 69.3 Å². The Kier molecular flexibility index (Phi) is 6.81. The molecule has 184 valence electrons. The predicted octanol–water partition coefficient (Wildman–Crippen LogP) is 4.56. The Balaban J connectivity index is 2.05. The van der Waals surface area contributed by atoms with E-state index in [1.807, 2.05) is 0 Å². The van der Waals surface area contributed by atoms with Crippen molar-refractivity contribution in [3.8, 4) is 5.75 Å². The molecule has 35 heavy (non-hydrogen) atoms. The van der Waals surface area contributed by atoms with Crippen LogP contribution >= 0.6 is 0 Å². The molecule has 0 aliphatic carbocycles. The van der Waals surface area contributed by atoms with Crippen LogP contribution in [0, 0.1) is 5.82 Å². The Hall–Kier alpha value is -3.08. The molecule has 2 aromatic carbocycles. The first-order valence-corrected chi connectivity index (χ1v) is 13.4. The first-order chi connectivity index (χ1) is 16.5. The van der Waals surface area contributed by atoms with E-state index < -0.39 is 37.6 Å². The van der Waals surface area contributed by atoms with Gasteiger partial charge in [-0.1, -0.05) is 18.2 Å². The van der Waals surface area contributed by atoms with Gasteiger partial charge in [0.15, 0.2) is 5.65 Å². The second-order valence-electron chi connectivity index (χ2n) is 8.89.